The minimum atomic E-state index is 0.520. The Morgan fingerprint density at radius 1 is 1.50 bits per heavy atom. The number of aliphatic imine (C=N–C) groups is 1. The first-order chi connectivity index (χ1) is 4.81. The number of nitrogens with zero attached hydrogens (tertiary/aromatic N) is 1. The monoisotopic (exact) mass is 145 g/mol. The lowest BCUT2D eigenvalue weighted by Gasteiger charge is -1.99. The summed E-state index contributed by atoms with van der Waals surface area (Å²) in [5.41, 5.74) is 5.30. The maximum atomic E-state index is 5.30. The molecule has 0 spiro atoms. The third-order valence-corrected chi connectivity index (χ3v) is 0.797. The summed E-state index contributed by atoms with van der Waals surface area (Å²) >= 11 is 0. The molecule has 0 saturated carbocycles. The van der Waals surface area contributed by atoms with E-state index < -0.39 is 0 Å². The quantitative estimate of drug-likeness (QED) is 0.449. The van der Waals surface area contributed by atoms with Gasteiger partial charge >= 0.3 is 0 Å². The third kappa shape index (κ3) is 10.3. The predicted molar refractivity (Wildman–Crippen MR) is 47.2 cm³/mol. The van der Waals surface area contributed by atoms with E-state index in [1.54, 1.807) is 7.05 Å². The van der Waals surface area contributed by atoms with Crippen LogP contribution in [0.1, 0.15) is 27.2 Å². The van der Waals surface area contributed by atoms with Gasteiger partial charge in [-0.05, 0) is 6.42 Å². The van der Waals surface area contributed by atoms with Crippen molar-refractivity contribution in [3.8, 4) is 0 Å². The Morgan fingerprint density at radius 2 is 2.00 bits per heavy atom. The average molecular weight is 145 g/mol. The molecule has 0 fully saturated rings. The van der Waals surface area contributed by atoms with E-state index >= 15 is 0 Å². The van der Waals surface area contributed by atoms with Crippen LogP contribution in [0.25, 0.3) is 0 Å². The van der Waals surface area contributed by atoms with Gasteiger partial charge in [0.1, 0.15) is 0 Å². The van der Waals surface area contributed by atoms with Gasteiger partial charge in [-0.25, -0.2) is 0 Å². The zero-order chi connectivity index (χ0) is 8.41. The zero-order valence-corrected chi connectivity index (χ0v) is 7.44. The van der Waals surface area contributed by atoms with E-state index in [4.69, 9.17) is 5.73 Å². The van der Waals surface area contributed by atoms with Crippen molar-refractivity contribution in [2.75, 3.05) is 13.6 Å². The molecule has 0 aromatic rings. The standard InChI is InChI=1S/C5H13N3.C2H6/c1-3-4-8-5(6)7-2;1-2/h3-4H2,1-2H3,(H3,6,7,8);1-2H3. The minimum absolute atomic E-state index is 0.520. The molecule has 10 heavy (non-hydrogen) atoms. The molecular weight excluding hydrogens is 126 g/mol. The predicted octanol–water partition coefficient (Wildman–Crippen LogP) is 0.957. The Hall–Kier alpha value is -0.730. The Morgan fingerprint density at radius 3 is 2.30 bits per heavy atom. The van der Waals surface area contributed by atoms with E-state index in [2.05, 4.69) is 17.2 Å². The summed E-state index contributed by atoms with van der Waals surface area (Å²) < 4.78 is 0. The van der Waals surface area contributed by atoms with E-state index in [0.717, 1.165) is 13.0 Å². The highest BCUT2D eigenvalue weighted by atomic mass is 15.1. The van der Waals surface area contributed by atoms with Crippen molar-refractivity contribution in [3.63, 3.8) is 0 Å². The van der Waals surface area contributed by atoms with Crippen molar-refractivity contribution in [3.05, 3.63) is 0 Å². The van der Waals surface area contributed by atoms with E-state index in [1.807, 2.05) is 13.8 Å². The third-order valence-electron chi connectivity index (χ3n) is 0.797. The number of nitrogens with two attached hydrogens (primary N) is 1. The van der Waals surface area contributed by atoms with Crippen molar-refractivity contribution in [1.82, 2.24) is 5.32 Å². The summed E-state index contributed by atoms with van der Waals surface area (Å²) in [6.07, 6.45) is 1.08. The lowest BCUT2D eigenvalue weighted by molar-refractivity contribution is 0.832. The molecule has 0 bridgehead atoms. The van der Waals surface area contributed by atoms with Crippen molar-refractivity contribution in [2.24, 2.45) is 10.7 Å². The molecule has 62 valence electrons. The molecule has 0 aromatic carbocycles. The minimum Gasteiger partial charge on any atom is -0.370 e. The van der Waals surface area contributed by atoms with Crippen LogP contribution in [0.15, 0.2) is 4.99 Å². The molecule has 0 aliphatic heterocycles. The summed E-state index contributed by atoms with van der Waals surface area (Å²) in [4.78, 5) is 3.71. The highest BCUT2D eigenvalue weighted by Crippen LogP contribution is 1.67. The Kier molecular flexibility index (Phi) is 13.3. The summed E-state index contributed by atoms with van der Waals surface area (Å²) in [5, 5.41) is 2.91. The van der Waals surface area contributed by atoms with Gasteiger partial charge in [0.05, 0.1) is 0 Å². The first kappa shape index (κ1) is 12.0. The van der Waals surface area contributed by atoms with Gasteiger partial charge in [-0.1, -0.05) is 20.8 Å². The number of hydrogen-bond acceptors (Lipinski definition) is 1. The molecule has 0 heterocycles. The van der Waals surface area contributed by atoms with Crippen molar-refractivity contribution < 1.29 is 0 Å². The van der Waals surface area contributed by atoms with Crippen LogP contribution >= 0.6 is 0 Å². The van der Waals surface area contributed by atoms with Gasteiger partial charge in [0.25, 0.3) is 0 Å². The summed E-state index contributed by atoms with van der Waals surface area (Å²) in [7, 11) is 1.66. The van der Waals surface area contributed by atoms with Crippen molar-refractivity contribution in [2.45, 2.75) is 27.2 Å². The second-order valence-electron chi connectivity index (χ2n) is 1.54. The van der Waals surface area contributed by atoms with Crippen LogP contribution in [0.2, 0.25) is 0 Å². The van der Waals surface area contributed by atoms with Crippen LogP contribution in [-0.2, 0) is 0 Å². The van der Waals surface area contributed by atoms with Gasteiger partial charge in [0.2, 0.25) is 0 Å². The number of hydrogen-bond donors (Lipinski definition) is 2. The SMILES string of the molecule is CC.CCCNC(N)=NC. The fourth-order valence-corrected chi connectivity index (χ4v) is 0.332. The Labute approximate surface area is 63.7 Å². The van der Waals surface area contributed by atoms with Gasteiger partial charge in [-0.2, -0.15) is 0 Å². The van der Waals surface area contributed by atoms with Gasteiger partial charge in [-0.3, -0.25) is 4.99 Å². The molecule has 0 amide bonds. The molecular formula is C7H19N3. The van der Waals surface area contributed by atoms with Gasteiger partial charge in [0.15, 0.2) is 5.96 Å². The van der Waals surface area contributed by atoms with Crippen LogP contribution in [0.4, 0.5) is 0 Å². The van der Waals surface area contributed by atoms with Crippen molar-refractivity contribution >= 4 is 5.96 Å². The summed E-state index contributed by atoms with van der Waals surface area (Å²) in [6.45, 7) is 6.99. The molecule has 0 aliphatic rings. The number of rotatable bonds is 2. The van der Waals surface area contributed by atoms with E-state index in [0.29, 0.717) is 5.96 Å². The summed E-state index contributed by atoms with van der Waals surface area (Å²) in [6, 6.07) is 0. The van der Waals surface area contributed by atoms with Gasteiger partial charge in [0, 0.05) is 13.6 Å². The maximum Gasteiger partial charge on any atom is 0.188 e. The molecule has 3 N–H and O–H groups in total. The first-order valence-corrected chi connectivity index (χ1v) is 3.77. The molecule has 0 aliphatic carbocycles. The van der Waals surface area contributed by atoms with Gasteiger partial charge < -0.3 is 11.1 Å². The van der Waals surface area contributed by atoms with Crippen LogP contribution in [0.3, 0.4) is 0 Å². The van der Waals surface area contributed by atoms with E-state index in [1.165, 1.54) is 0 Å². The van der Waals surface area contributed by atoms with Crippen LogP contribution in [0, 0.1) is 0 Å². The average Bonchev–Trinajstić information content (AvgIpc) is 2.04. The zero-order valence-electron chi connectivity index (χ0n) is 7.44. The van der Waals surface area contributed by atoms with E-state index in [-0.39, 0.29) is 0 Å². The fourth-order valence-electron chi connectivity index (χ4n) is 0.332. The van der Waals surface area contributed by atoms with E-state index in [9.17, 15) is 0 Å². The number of guanidine groups is 1. The smallest absolute Gasteiger partial charge is 0.188 e. The maximum absolute atomic E-state index is 5.30. The second-order valence-corrected chi connectivity index (χ2v) is 1.54. The second kappa shape index (κ2) is 11.1. The molecule has 0 aromatic heterocycles. The fraction of sp³-hybridized carbons (Fsp3) is 0.857. The van der Waals surface area contributed by atoms with Crippen LogP contribution < -0.4 is 11.1 Å². The normalized spacial score (nSPS) is 9.80. The first-order valence-electron chi connectivity index (χ1n) is 3.77. The molecule has 3 heteroatoms. The lowest BCUT2D eigenvalue weighted by Crippen LogP contribution is -2.31. The lowest BCUT2D eigenvalue weighted by atomic mass is 10.5. The number of nitrogens with one attached hydrogen (secondary N) is 1. The molecule has 0 unspecified atom stereocenters. The Bertz CT molecular complexity index is 78.9. The molecule has 0 rings (SSSR count). The van der Waals surface area contributed by atoms with Crippen LogP contribution in [-0.4, -0.2) is 19.6 Å². The summed E-state index contributed by atoms with van der Waals surface area (Å²) in [5.74, 6) is 0.520. The topological polar surface area (TPSA) is 50.4 Å². The van der Waals surface area contributed by atoms with Crippen molar-refractivity contribution in [1.29, 1.82) is 0 Å². The Balaban J connectivity index is 0. The molecule has 3 nitrogen and oxygen atoms in total. The molecule has 0 atom stereocenters. The van der Waals surface area contributed by atoms with Crippen LogP contribution in [0.5, 0.6) is 0 Å². The van der Waals surface area contributed by atoms with Gasteiger partial charge in [-0.15, -0.1) is 0 Å². The highest BCUT2D eigenvalue weighted by molar-refractivity contribution is 5.77. The largest absolute Gasteiger partial charge is 0.370 e. The molecule has 0 saturated heterocycles. The molecule has 0 radical (unpaired) electrons. The highest BCUT2D eigenvalue weighted by Gasteiger charge is 1.82.